The first-order valence-electron chi connectivity index (χ1n) is 7.87. The lowest BCUT2D eigenvalue weighted by atomic mass is 10.2. The highest BCUT2D eigenvalue weighted by molar-refractivity contribution is 5.94. The van der Waals surface area contributed by atoms with Crippen molar-refractivity contribution in [2.45, 2.75) is 26.5 Å². The third kappa shape index (κ3) is 5.26. The molecular formula is C17H22N2O5. The molecule has 0 spiro atoms. The van der Waals surface area contributed by atoms with Gasteiger partial charge in [0.25, 0.3) is 0 Å². The van der Waals surface area contributed by atoms with Crippen LogP contribution in [-0.2, 0) is 20.9 Å². The molecule has 0 radical (unpaired) electrons. The van der Waals surface area contributed by atoms with Crippen LogP contribution in [0.3, 0.4) is 0 Å². The highest BCUT2D eigenvalue weighted by atomic mass is 16.6. The lowest BCUT2D eigenvalue weighted by Gasteiger charge is -2.16. The molecule has 1 aromatic carbocycles. The molecule has 7 heteroatoms. The Morgan fingerprint density at radius 1 is 1.25 bits per heavy atom. The molecule has 1 aliphatic rings. The maximum absolute atomic E-state index is 11.9. The van der Waals surface area contributed by atoms with E-state index in [9.17, 15) is 14.4 Å². The second-order valence-corrected chi connectivity index (χ2v) is 6.08. The van der Waals surface area contributed by atoms with E-state index in [0.717, 1.165) is 5.56 Å². The van der Waals surface area contributed by atoms with Gasteiger partial charge in [-0.05, 0) is 11.5 Å². The zero-order valence-corrected chi connectivity index (χ0v) is 13.9. The van der Waals surface area contributed by atoms with Crippen molar-refractivity contribution in [1.82, 2.24) is 10.2 Å². The van der Waals surface area contributed by atoms with Gasteiger partial charge in [0, 0.05) is 0 Å². The van der Waals surface area contributed by atoms with Crippen LogP contribution in [-0.4, -0.2) is 48.6 Å². The molecule has 0 aliphatic carbocycles. The van der Waals surface area contributed by atoms with Gasteiger partial charge in [-0.1, -0.05) is 44.2 Å². The number of ketones is 1. The molecule has 7 nitrogen and oxygen atoms in total. The van der Waals surface area contributed by atoms with Crippen molar-refractivity contribution in [3.05, 3.63) is 35.9 Å². The molecule has 1 heterocycles. The summed E-state index contributed by atoms with van der Waals surface area (Å²) in [6.07, 6.45) is -1.23. The molecule has 1 aromatic rings. The molecule has 1 aliphatic heterocycles. The number of carbonyl (C=O) groups excluding carboxylic acids is 3. The van der Waals surface area contributed by atoms with E-state index in [2.05, 4.69) is 5.32 Å². The van der Waals surface area contributed by atoms with Crippen molar-refractivity contribution in [2.75, 3.05) is 19.7 Å². The summed E-state index contributed by atoms with van der Waals surface area (Å²) in [5, 5.41) is 2.49. The predicted molar refractivity (Wildman–Crippen MR) is 86.3 cm³/mol. The second-order valence-electron chi connectivity index (χ2n) is 6.08. The highest BCUT2D eigenvalue weighted by Crippen LogP contribution is 2.09. The normalized spacial score (nSPS) is 17.0. The van der Waals surface area contributed by atoms with Gasteiger partial charge in [-0.2, -0.15) is 0 Å². The van der Waals surface area contributed by atoms with Gasteiger partial charge in [-0.15, -0.1) is 0 Å². The minimum Gasteiger partial charge on any atom is -0.449 e. The van der Waals surface area contributed by atoms with E-state index in [-0.39, 0.29) is 31.4 Å². The average Bonchev–Trinajstić information content (AvgIpc) is 2.92. The van der Waals surface area contributed by atoms with Crippen LogP contribution < -0.4 is 5.32 Å². The monoisotopic (exact) mass is 334 g/mol. The van der Waals surface area contributed by atoms with Crippen molar-refractivity contribution < 1.29 is 23.9 Å². The van der Waals surface area contributed by atoms with E-state index < -0.39 is 18.2 Å². The number of rotatable bonds is 5. The largest absolute Gasteiger partial charge is 0.449 e. The molecule has 24 heavy (non-hydrogen) atoms. The van der Waals surface area contributed by atoms with Gasteiger partial charge in [0.05, 0.1) is 19.7 Å². The molecule has 0 bridgehead atoms. The molecule has 0 aromatic heterocycles. The van der Waals surface area contributed by atoms with Crippen molar-refractivity contribution in [3.8, 4) is 0 Å². The Morgan fingerprint density at radius 3 is 2.62 bits per heavy atom. The maximum atomic E-state index is 11.9. The minimum absolute atomic E-state index is 0.0689. The second kappa shape index (κ2) is 8.33. The van der Waals surface area contributed by atoms with Crippen LogP contribution in [0.4, 0.5) is 9.59 Å². The van der Waals surface area contributed by atoms with Gasteiger partial charge >= 0.3 is 12.2 Å². The van der Waals surface area contributed by atoms with Crippen LogP contribution in [0.1, 0.15) is 19.4 Å². The Morgan fingerprint density at radius 2 is 1.96 bits per heavy atom. The third-order valence-electron chi connectivity index (χ3n) is 3.44. The van der Waals surface area contributed by atoms with E-state index in [1.54, 1.807) is 0 Å². The first-order valence-corrected chi connectivity index (χ1v) is 7.87. The van der Waals surface area contributed by atoms with E-state index in [4.69, 9.17) is 9.47 Å². The SMILES string of the molecule is CC(C)COC(=O)N1CC(=O)C(NC(=O)OCc2ccccc2)C1. The predicted octanol–water partition coefficient (Wildman–Crippen LogP) is 1.96. The van der Waals surface area contributed by atoms with Crippen molar-refractivity contribution in [3.63, 3.8) is 0 Å². The summed E-state index contributed by atoms with van der Waals surface area (Å²) in [7, 11) is 0. The van der Waals surface area contributed by atoms with Crippen LogP contribution in [0.5, 0.6) is 0 Å². The maximum Gasteiger partial charge on any atom is 0.410 e. The zero-order chi connectivity index (χ0) is 17.5. The Balaban J connectivity index is 1.77. The Kier molecular flexibility index (Phi) is 6.17. The summed E-state index contributed by atoms with van der Waals surface area (Å²) in [4.78, 5) is 36.8. The van der Waals surface area contributed by atoms with Gasteiger partial charge < -0.3 is 14.8 Å². The number of nitrogens with zero attached hydrogens (tertiary/aromatic N) is 1. The standard InChI is InChI=1S/C17H22N2O5/c1-12(2)10-24-17(22)19-8-14(15(20)9-19)18-16(21)23-11-13-6-4-3-5-7-13/h3-7,12,14H,8-11H2,1-2H3,(H,18,21). The summed E-state index contributed by atoms with van der Waals surface area (Å²) < 4.78 is 10.2. The smallest absolute Gasteiger partial charge is 0.410 e. The van der Waals surface area contributed by atoms with E-state index in [1.807, 2.05) is 44.2 Å². The molecule has 1 atom stereocenters. The van der Waals surface area contributed by atoms with Crippen molar-refractivity contribution in [2.24, 2.45) is 5.92 Å². The van der Waals surface area contributed by atoms with Gasteiger partial charge in [-0.3, -0.25) is 9.69 Å². The van der Waals surface area contributed by atoms with E-state index >= 15 is 0 Å². The number of hydrogen-bond donors (Lipinski definition) is 1. The summed E-state index contributed by atoms with van der Waals surface area (Å²) in [5.74, 6) is -0.0256. The molecule has 1 unspecified atom stereocenters. The average molecular weight is 334 g/mol. The molecule has 1 N–H and O–H groups in total. The number of likely N-dealkylation sites (tertiary alicyclic amines) is 1. The molecule has 2 rings (SSSR count). The number of benzene rings is 1. The molecule has 1 fully saturated rings. The zero-order valence-electron chi connectivity index (χ0n) is 13.9. The molecular weight excluding hydrogens is 312 g/mol. The molecule has 0 saturated carbocycles. The van der Waals surface area contributed by atoms with E-state index in [0.29, 0.717) is 6.61 Å². The number of nitrogens with one attached hydrogen (secondary N) is 1. The van der Waals surface area contributed by atoms with Crippen molar-refractivity contribution in [1.29, 1.82) is 0 Å². The fourth-order valence-electron chi connectivity index (χ4n) is 2.19. The summed E-state index contributed by atoms with van der Waals surface area (Å²) in [5.41, 5.74) is 0.851. The molecule has 1 saturated heterocycles. The fourth-order valence-corrected chi connectivity index (χ4v) is 2.19. The Bertz CT molecular complexity index is 588. The van der Waals surface area contributed by atoms with Crippen LogP contribution in [0, 0.1) is 5.92 Å². The number of carbonyl (C=O) groups is 3. The van der Waals surface area contributed by atoms with Crippen LogP contribution >= 0.6 is 0 Å². The molecule has 2 amide bonds. The van der Waals surface area contributed by atoms with Gasteiger partial charge in [0.1, 0.15) is 12.6 Å². The molecule has 130 valence electrons. The van der Waals surface area contributed by atoms with Crippen molar-refractivity contribution >= 4 is 18.0 Å². The summed E-state index contributed by atoms with van der Waals surface area (Å²) in [6.45, 7) is 4.29. The summed E-state index contributed by atoms with van der Waals surface area (Å²) in [6, 6.07) is 8.46. The lowest BCUT2D eigenvalue weighted by Crippen LogP contribution is -2.41. The van der Waals surface area contributed by atoms with Crippen LogP contribution in [0.15, 0.2) is 30.3 Å². The van der Waals surface area contributed by atoms with Gasteiger partial charge in [0.2, 0.25) is 0 Å². The van der Waals surface area contributed by atoms with Crippen LogP contribution in [0.25, 0.3) is 0 Å². The number of ether oxygens (including phenoxy) is 2. The minimum atomic E-state index is -0.764. The highest BCUT2D eigenvalue weighted by Gasteiger charge is 2.35. The quantitative estimate of drug-likeness (QED) is 0.890. The Hall–Kier alpha value is -2.57. The number of alkyl carbamates (subject to hydrolysis) is 1. The summed E-state index contributed by atoms with van der Waals surface area (Å²) >= 11 is 0. The topological polar surface area (TPSA) is 84.9 Å². The van der Waals surface area contributed by atoms with Gasteiger partial charge in [0.15, 0.2) is 5.78 Å². The third-order valence-corrected chi connectivity index (χ3v) is 3.44. The van der Waals surface area contributed by atoms with Crippen LogP contribution in [0.2, 0.25) is 0 Å². The fraction of sp³-hybridized carbons (Fsp3) is 0.471. The number of amides is 2. The lowest BCUT2D eigenvalue weighted by molar-refractivity contribution is -0.118. The van der Waals surface area contributed by atoms with Gasteiger partial charge in [-0.25, -0.2) is 9.59 Å². The number of Topliss-reactive ketones (excluding diaryl/α,β-unsaturated/α-hetero) is 1. The first-order chi connectivity index (χ1) is 11.5. The van der Waals surface area contributed by atoms with E-state index in [1.165, 1.54) is 4.90 Å². The number of hydrogen-bond acceptors (Lipinski definition) is 5. The first kappa shape index (κ1) is 17.8. The Labute approximate surface area is 140 Å².